The minimum absolute atomic E-state index is 0.688. The molecule has 0 spiro atoms. The summed E-state index contributed by atoms with van der Waals surface area (Å²) in [6, 6.07) is 0. The summed E-state index contributed by atoms with van der Waals surface area (Å²) in [5.74, 6) is 0. The molecule has 10 heavy (non-hydrogen) atoms. The Morgan fingerprint density at radius 3 is 2.80 bits per heavy atom. The van der Waals surface area contributed by atoms with E-state index in [2.05, 4.69) is 11.5 Å². The Morgan fingerprint density at radius 2 is 2.30 bits per heavy atom. The van der Waals surface area contributed by atoms with E-state index >= 15 is 0 Å². The number of hydrogen-bond acceptors (Lipinski definition) is 2. The van der Waals surface area contributed by atoms with Crippen LogP contribution in [0.25, 0.3) is 0 Å². The summed E-state index contributed by atoms with van der Waals surface area (Å²) < 4.78 is 5.23. The minimum Gasteiger partial charge on any atom is -0.376 e. The highest BCUT2D eigenvalue weighted by Crippen LogP contribution is 2.03. The van der Waals surface area contributed by atoms with E-state index in [1.54, 1.807) is 6.08 Å². The maximum atomic E-state index is 5.23. The molecule has 1 aliphatic rings. The maximum absolute atomic E-state index is 5.23. The number of hydrogen-bond donors (Lipinski definition) is 0. The molecular formula is C8H15NO. The van der Waals surface area contributed by atoms with Crippen LogP contribution in [0.4, 0.5) is 0 Å². The second kappa shape index (κ2) is 4.47. The Bertz CT molecular complexity index is 99.4. The summed E-state index contributed by atoms with van der Waals surface area (Å²) in [4.78, 5) is 2.39. The van der Waals surface area contributed by atoms with E-state index in [-0.39, 0.29) is 0 Å². The highest BCUT2D eigenvalue weighted by atomic mass is 16.5. The molecule has 1 rings (SSSR count). The standard InChI is InChI=1S/C8H15NO/c1-2-7-10-8-6-9-4-3-5-9/h2H,1,3-8H2. The third kappa shape index (κ3) is 2.50. The summed E-state index contributed by atoms with van der Waals surface area (Å²) in [6.07, 6.45) is 3.15. The van der Waals surface area contributed by atoms with Crippen molar-refractivity contribution in [2.75, 3.05) is 32.8 Å². The van der Waals surface area contributed by atoms with Crippen molar-refractivity contribution >= 4 is 0 Å². The number of rotatable bonds is 5. The summed E-state index contributed by atoms with van der Waals surface area (Å²) in [5.41, 5.74) is 0. The lowest BCUT2D eigenvalue weighted by Gasteiger charge is -2.30. The fourth-order valence-electron chi connectivity index (χ4n) is 0.966. The van der Waals surface area contributed by atoms with Gasteiger partial charge in [-0.2, -0.15) is 0 Å². The molecule has 0 aromatic carbocycles. The van der Waals surface area contributed by atoms with Gasteiger partial charge in [0.2, 0.25) is 0 Å². The van der Waals surface area contributed by atoms with Gasteiger partial charge in [0.05, 0.1) is 13.2 Å². The van der Waals surface area contributed by atoms with Crippen molar-refractivity contribution in [3.63, 3.8) is 0 Å². The number of ether oxygens (including phenoxy) is 1. The first-order valence-corrected chi connectivity index (χ1v) is 3.84. The van der Waals surface area contributed by atoms with Gasteiger partial charge in [-0.3, -0.25) is 0 Å². The van der Waals surface area contributed by atoms with E-state index in [4.69, 9.17) is 4.74 Å². The SMILES string of the molecule is C=CCOCCN1CCC1. The van der Waals surface area contributed by atoms with Gasteiger partial charge in [-0.25, -0.2) is 0 Å². The van der Waals surface area contributed by atoms with Crippen LogP contribution in [0.2, 0.25) is 0 Å². The van der Waals surface area contributed by atoms with Gasteiger partial charge in [0.1, 0.15) is 0 Å². The zero-order valence-corrected chi connectivity index (χ0v) is 6.38. The van der Waals surface area contributed by atoms with Gasteiger partial charge in [-0.1, -0.05) is 6.08 Å². The van der Waals surface area contributed by atoms with Gasteiger partial charge in [-0.05, 0) is 19.5 Å². The summed E-state index contributed by atoms with van der Waals surface area (Å²) in [5, 5.41) is 0. The van der Waals surface area contributed by atoms with Gasteiger partial charge in [0.25, 0.3) is 0 Å². The normalized spacial score (nSPS) is 18.4. The fourth-order valence-corrected chi connectivity index (χ4v) is 0.966. The van der Waals surface area contributed by atoms with Crippen molar-refractivity contribution in [1.29, 1.82) is 0 Å². The zero-order valence-electron chi connectivity index (χ0n) is 6.38. The summed E-state index contributed by atoms with van der Waals surface area (Å²) in [6.45, 7) is 8.73. The molecule has 2 heteroatoms. The largest absolute Gasteiger partial charge is 0.376 e. The van der Waals surface area contributed by atoms with Gasteiger partial charge in [-0.15, -0.1) is 6.58 Å². The first kappa shape index (κ1) is 7.76. The average Bonchev–Trinajstić information content (AvgIpc) is 1.84. The van der Waals surface area contributed by atoms with Crippen LogP contribution in [0.3, 0.4) is 0 Å². The fraction of sp³-hybridized carbons (Fsp3) is 0.750. The molecule has 1 aliphatic heterocycles. The Morgan fingerprint density at radius 1 is 1.50 bits per heavy atom. The average molecular weight is 141 g/mol. The number of nitrogens with zero attached hydrogens (tertiary/aromatic N) is 1. The second-order valence-corrected chi connectivity index (χ2v) is 2.56. The smallest absolute Gasteiger partial charge is 0.0645 e. The first-order valence-electron chi connectivity index (χ1n) is 3.84. The molecular weight excluding hydrogens is 126 g/mol. The molecule has 1 heterocycles. The molecule has 0 aromatic rings. The predicted octanol–water partition coefficient (Wildman–Crippen LogP) is 0.895. The summed E-state index contributed by atoms with van der Waals surface area (Å²) >= 11 is 0. The lowest BCUT2D eigenvalue weighted by Crippen LogP contribution is -2.39. The quantitative estimate of drug-likeness (QED) is 0.416. The van der Waals surface area contributed by atoms with Crippen molar-refractivity contribution < 1.29 is 4.74 Å². The molecule has 0 aliphatic carbocycles. The van der Waals surface area contributed by atoms with E-state index in [0.717, 1.165) is 13.2 Å². The van der Waals surface area contributed by atoms with Gasteiger partial charge in [0, 0.05) is 6.54 Å². The van der Waals surface area contributed by atoms with Crippen LogP contribution in [0.5, 0.6) is 0 Å². The van der Waals surface area contributed by atoms with Gasteiger partial charge < -0.3 is 9.64 Å². The minimum atomic E-state index is 0.688. The van der Waals surface area contributed by atoms with Crippen molar-refractivity contribution in [2.24, 2.45) is 0 Å². The van der Waals surface area contributed by atoms with Crippen LogP contribution in [-0.4, -0.2) is 37.7 Å². The molecule has 0 N–H and O–H groups in total. The lowest BCUT2D eigenvalue weighted by molar-refractivity contribution is 0.0952. The molecule has 0 atom stereocenters. The Balaban J connectivity index is 1.80. The molecule has 2 nitrogen and oxygen atoms in total. The molecule has 0 bridgehead atoms. The number of likely N-dealkylation sites (tertiary alicyclic amines) is 1. The van der Waals surface area contributed by atoms with E-state index in [1.807, 2.05) is 0 Å². The third-order valence-corrected chi connectivity index (χ3v) is 1.74. The topological polar surface area (TPSA) is 12.5 Å². The molecule has 58 valence electrons. The lowest BCUT2D eigenvalue weighted by atomic mass is 10.2. The zero-order chi connectivity index (χ0) is 7.23. The first-order chi connectivity index (χ1) is 4.93. The molecule has 0 radical (unpaired) electrons. The van der Waals surface area contributed by atoms with Crippen LogP contribution in [-0.2, 0) is 4.74 Å². The molecule has 0 saturated carbocycles. The van der Waals surface area contributed by atoms with Crippen molar-refractivity contribution in [3.8, 4) is 0 Å². The van der Waals surface area contributed by atoms with E-state index in [0.29, 0.717) is 6.61 Å². The van der Waals surface area contributed by atoms with E-state index in [1.165, 1.54) is 19.5 Å². The predicted molar refractivity (Wildman–Crippen MR) is 42.1 cm³/mol. The maximum Gasteiger partial charge on any atom is 0.0645 e. The second-order valence-electron chi connectivity index (χ2n) is 2.56. The molecule has 1 fully saturated rings. The van der Waals surface area contributed by atoms with Crippen molar-refractivity contribution in [3.05, 3.63) is 12.7 Å². The summed E-state index contributed by atoms with van der Waals surface area (Å²) in [7, 11) is 0. The molecule has 0 aromatic heterocycles. The molecule has 1 saturated heterocycles. The van der Waals surface area contributed by atoms with E-state index < -0.39 is 0 Å². The van der Waals surface area contributed by atoms with Gasteiger partial charge in [0.15, 0.2) is 0 Å². The Hall–Kier alpha value is -0.340. The van der Waals surface area contributed by atoms with Crippen LogP contribution >= 0.6 is 0 Å². The van der Waals surface area contributed by atoms with Crippen LogP contribution in [0.15, 0.2) is 12.7 Å². The monoisotopic (exact) mass is 141 g/mol. The highest BCUT2D eigenvalue weighted by molar-refractivity contribution is 4.68. The third-order valence-electron chi connectivity index (χ3n) is 1.74. The highest BCUT2D eigenvalue weighted by Gasteiger charge is 2.11. The van der Waals surface area contributed by atoms with Crippen LogP contribution in [0.1, 0.15) is 6.42 Å². The van der Waals surface area contributed by atoms with Crippen LogP contribution < -0.4 is 0 Å². The molecule has 0 amide bonds. The van der Waals surface area contributed by atoms with Crippen LogP contribution in [0, 0.1) is 0 Å². The molecule has 0 unspecified atom stereocenters. The van der Waals surface area contributed by atoms with Gasteiger partial charge >= 0.3 is 0 Å². The van der Waals surface area contributed by atoms with Crippen molar-refractivity contribution in [2.45, 2.75) is 6.42 Å². The Kier molecular flexibility index (Phi) is 3.47. The Labute approximate surface area is 62.5 Å². The van der Waals surface area contributed by atoms with E-state index in [9.17, 15) is 0 Å². The van der Waals surface area contributed by atoms with Crippen molar-refractivity contribution in [1.82, 2.24) is 4.90 Å².